The molecule has 2 saturated carbocycles. The SMILES string of the molecule is O[C@H]1C[C@@H](n2cnc3c(NC4CC4)ncnc32)[C@@H]2ON=C(c3ccc4ccccc4n3)[C@@H]21. The number of benzene rings is 1. The molecule has 32 heavy (non-hydrogen) atoms. The molecular weight excluding hydrogens is 406 g/mol. The molecule has 1 aromatic carbocycles. The fraction of sp³-hybridized carbons (Fsp3) is 0.348. The van der Waals surface area contributed by atoms with Gasteiger partial charge < -0.3 is 19.8 Å². The minimum Gasteiger partial charge on any atom is -0.392 e. The molecule has 160 valence electrons. The predicted octanol–water partition coefficient (Wildman–Crippen LogP) is 2.67. The molecule has 3 aliphatic rings. The van der Waals surface area contributed by atoms with Crippen molar-refractivity contribution >= 4 is 33.6 Å². The average molecular weight is 427 g/mol. The first-order valence-corrected chi connectivity index (χ1v) is 11.0. The third-order valence-electron chi connectivity index (χ3n) is 6.71. The second-order valence-corrected chi connectivity index (χ2v) is 8.80. The summed E-state index contributed by atoms with van der Waals surface area (Å²) < 4.78 is 2.00. The fourth-order valence-electron chi connectivity index (χ4n) is 4.96. The Morgan fingerprint density at radius 1 is 1.06 bits per heavy atom. The van der Waals surface area contributed by atoms with E-state index in [0.717, 1.165) is 46.4 Å². The van der Waals surface area contributed by atoms with E-state index >= 15 is 0 Å². The quantitative estimate of drug-likeness (QED) is 0.515. The highest BCUT2D eigenvalue weighted by molar-refractivity contribution is 6.03. The van der Waals surface area contributed by atoms with E-state index in [1.165, 1.54) is 0 Å². The van der Waals surface area contributed by atoms with Crippen molar-refractivity contribution in [1.29, 1.82) is 0 Å². The van der Waals surface area contributed by atoms with E-state index in [1.807, 2.05) is 41.0 Å². The number of aromatic nitrogens is 5. The summed E-state index contributed by atoms with van der Waals surface area (Å²) >= 11 is 0. The van der Waals surface area contributed by atoms with Crippen molar-refractivity contribution in [2.24, 2.45) is 11.1 Å². The molecule has 9 nitrogen and oxygen atoms in total. The fourth-order valence-corrected chi connectivity index (χ4v) is 4.96. The molecule has 0 radical (unpaired) electrons. The molecule has 7 rings (SSSR count). The van der Waals surface area contributed by atoms with Crippen molar-refractivity contribution in [2.75, 3.05) is 5.32 Å². The molecule has 3 aromatic heterocycles. The van der Waals surface area contributed by atoms with Crippen LogP contribution in [0.4, 0.5) is 5.82 Å². The summed E-state index contributed by atoms with van der Waals surface area (Å²) in [5.41, 5.74) is 3.82. The van der Waals surface area contributed by atoms with Crippen molar-refractivity contribution in [3.8, 4) is 0 Å². The van der Waals surface area contributed by atoms with Crippen LogP contribution in [0.1, 0.15) is 31.0 Å². The highest BCUT2D eigenvalue weighted by Crippen LogP contribution is 2.44. The second-order valence-electron chi connectivity index (χ2n) is 8.80. The van der Waals surface area contributed by atoms with E-state index in [9.17, 15) is 5.11 Å². The van der Waals surface area contributed by atoms with E-state index < -0.39 is 6.10 Å². The average Bonchev–Trinajstić information content (AvgIpc) is 3.23. The van der Waals surface area contributed by atoms with Crippen molar-refractivity contribution in [3.05, 3.63) is 54.7 Å². The predicted molar refractivity (Wildman–Crippen MR) is 118 cm³/mol. The van der Waals surface area contributed by atoms with Crippen LogP contribution in [0, 0.1) is 5.92 Å². The zero-order chi connectivity index (χ0) is 21.2. The van der Waals surface area contributed by atoms with Gasteiger partial charge in [-0.2, -0.15) is 0 Å². The normalized spacial score (nSPS) is 26.8. The number of nitrogens with zero attached hydrogens (tertiary/aromatic N) is 6. The third-order valence-corrected chi connectivity index (χ3v) is 6.71. The van der Waals surface area contributed by atoms with Gasteiger partial charge in [-0.3, -0.25) is 0 Å². The van der Waals surface area contributed by atoms with Crippen LogP contribution in [-0.4, -0.2) is 53.6 Å². The van der Waals surface area contributed by atoms with Crippen LogP contribution in [0.3, 0.4) is 0 Å². The van der Waals surface area contributed by atoms with Gasteiger partial charge in [-0.25, -0.2) is 19.9 Å². The van der Waals surface area contributed by atoms with Crippen LogP contribution in [0.25, 0.3) is 22.1 Å². The van der Waals surface area contributed by atoms with Gasteiger partial charge in [0.25, 0.3) is 0 Å². The van der Waals surface area contributed by atoms with Gasteiger partial charge in [-0.1, -0.05) is 29.4 Å². The number of para-hydroxylation sites is 1. The Labute approximate surface area is 183 Å². The zero-order valence-electron chi connectivity index (χ0n) is 17.2. The van der Waals surface area contributed by atoms with Crippen LogP contribution in [0.15, 0.2) is 54.2 Å². The van der Waals surface area contributed by atoms with Gasteiger partial charge in [0.05, 0.1) is 35.6 Å². The molecule has 9 heteroatoms. The summed E-state index contributed by atoms with van der Waals surface area (Å²) in [4.78, 5) is 24.1. The van der Waals surface area contributed by atoms with Crippen molar-refractivity contribution < 1.29 is 9.94 Å². The van der Waals surface area contributed by atoms with E-state index in [1.54, 1.807) is 12.7 Å². The number of hydrogen-bond donors (Lipinski definition) is 2. The molecule has 1 aliphatic heterocycles. The summed E-state index contributed by atoms with van der Waals surface area (Å²) in [6.45, 7) is 0. The first kappa shape index (κ1) is 18.0. The summed E-state index contributed by atoms with van der Waals surface area (Å²) in [6.07, 6.45) is 5.27. The van der Waals surface area contributed by atoms with Gasteiger partial charge in [0.15, 0.2) is 17.6 Å². The summed E-state index contributed by atoms with van der Waals surface area (Å²) in [5, 5.41) is 19.9. The van der Waals surface area contributed by atoms with Gasteiger partial charge in [0, 0.05) is 11.4 Å². The van der Waals surface area contributed by atoms with E-state index in [4.69, 9.17) is 9.82 Å². The smallest absolute Gasteiger partial charge is 0.165 e. The Morgan fingerprint density at radius 2 is 1.97 bits per heavy atom. The number of aliphatic hydroxyl groups excluding tert-OH is 1. The summed E-state index contributed by atoms with van der Waals surface area (Å²) in [5.74, 6) is 0.507. The molecule has 0 spiro atoms. The van der Waals surface area contributed by atoms with Gasteiger partial charge in [0.1, 0.15) is 17.6 Å². The molecular formula is C23H21N7O2. The Hall–Kier alpha value is -3.59. The number of imidazole rings is 1. The number of aliphatic hydroxyl groups is 1. The lowest BCUT2D eigenvalue weighted by Crippen LogP contribution is -2.30. The number of rotatable bonds is 4. The Kier molecular flexibility index (Phi) is 3.78. The number of fused-ring (bicyclic) bond motifs is 3. The Bertz CT molecular complexity index is 1380. The maximum atomic E-state index is 11.0. The van der Waals surface area contributed by atoms with Gasteiger partial charge in [-0.05, 0) is 31.4 Å². The number of oxime groups is 1. The summed E-state index contributed by atoms with van der Waals surface area (Å²) in [6, 6.07) is 12.3. The van der Waals surface area contributed by atoms with Crippen LogP contribution in [0.2, 0.25) is 0 Å². The molecule has 0 unspecified atom stereocenters. The number of anilines is 1. The molecule has 4 heterocycles. The lowest BCUT2D eigenvalue weighted by atomic mass is 9.95. The van der Waals surface area contributed by atoms with Crippen LogP contribution < -0.4 is 5.32 Å². The van der Waals surface area contributed by atoms with Gasteiger partial charge >= 0.3 is 0 Å². The molecule has 4 aromatic rings. The highest BCUT2D eigenvalue weighted by atomic mass is 16.6. The van der Waals surface area contributed by atoms with Gasteiger partial charge in [-0.15, -0.1) is 0 Å². The summed E-state index contributed by atoms with van der Waals surface area (Å²) in [7, 11) is 0. The topological polar surface area (TPSA) is 110 Å². The molecule has 0 amide bonds. The lowest BCUT2D eigenvalue weighted by molar-refractivity contribution is 0.0380. The van der Waals surface area contributed by atoms with Crippen LogP contribution >= 0.6 is 0 Å². The molecule has 0 saturated heterocycles. The minimum absolute atomic E-state index is 0.134. The maximum Gasteiger partial charge on any atom is 0.165 e. The molecule has 2 aliphatic carbocycles. The molecule has 0 bridgehead atoms. The third kappa shape index (κ3) is 2.70. The number of pyridine rings is 1. The van der Waals surface area contributed by atoms with E-state index in [2.05, 4.69) is 25.4 Å². The first-order valence-electron chi connectivity index (χ1n) is 11.0. The van der Waals surface area contributed by atoms with E-state index in [0.29, 0.717) is 18.2 Å². The molecule has 4 atom stereocenters. The standard InChI is InChI=1S/C23H21N7O2/c31-17-9-16(30-11-26-20-22(27-13-6-7-13)24-10-25-23(20)30)21-18(17)19(29-32-21)15-8-5-12-3-1-2-4-14(12)28-15/h1-5,8,10-11,13,16-18,21,31H,6-7,9H2,(H,24,25,27)/t16-,17+,18+,21+/m1/s1. The zero-order valence-corrected chi connectivity index (χ0v) is 17.2. The maximum absolute atomic E-state index is 11.0. The molecule has 2 fully saturated rings. The van der Waals surface area contributed by atoms with Crippen molar-refractivity contribution in [1.82, 2.24) is 24.5 Å². The van der Waals surface area contributed by atoms with Crippen LogP contribution in [-0.2, 0) is 4.84 Å². The highest BCUT2D eigenvalue weighted by Gasteiger charge is 2.52. The van der Waals surface area contributed by atoms with Crippen LogP contribution in [0.5, 0.6) is 0 Å². The minimum atomic E-state index is -0.595. The monoisotopic (exact) mass is 427 g/mol. The first-order chi connectivity index (χ1) is 15.8. The number of nitrogens with one attached hydrogen (secondary N) is 1. The number of hydrogen-bond acceptors (Lipinski definition) is 8. The lowest BCUT2D eigenvalue weighted by Gasteiger charge is -2.18. The Balaban J connectivity index is 1.23. The van der Waals surface area contributed by atoms with Crippen molar-refractivity contribution in [2.45, 2.75) is 43.6 Å². The largest absolute Gasteiger partial charge is 0.392 e. The molecule has 2 N–H and O–H groups in total. The Morgan fingerprint density at radius 3 is 2.88 bits per heavy atom. The van der Waals surface area contributed by atoms with E-state index in [-0.39, 0.29) is 18.1 Å². The second kappa shape index (κ2) is 6.70. The van der Waals surface area contributed by atoms with Gasteiger partial charge in [0.2, 0.25) is 0 Å². The van der Waals surface area contributed by atoms with Crippen molar-refractivity contribution in [3.63, 3.8) is 0 Å².